The van der Waals surface area contributed by atoms with Crippen LogP contribution in [0.1, 0.15) is 12.8 Å². The number of nitrogens with two attached hydrogens (primary N) is 1. The minimum Gasteiger partial charge on any atom is -0.490 e. The first-order chi connectivity index (χ1) is 9.33. The van der Waals surface area contributed by atoms with Crippen molar-refractivity contribution < 1.29 is 4.74 Å². The highest BCUT2D eigenvalue weighted by molar-refractivity contribution is 7.99. The van der Waals surface area contributed by atoms with E-state index in [1.54, 1.807) is 6.20 Å². The second kappa shape index (κ2) is 5.57. The molecule has 1 atom stereocenters. The van der Waals surface area contributed by atoms with Gasteiger partial charge in [0.05, 0.1) is 6.20 Å². The van der Waals surface area contributed by atoms with Crippen LogP contribution in [-0.4, -0.2) is 27.8 Å². The molecule has 0 amide bonds. The van der Waals surface area contributed by atoms with Crippen LogP contribution in [0.2, 0.25) is 0 Å². The van der Waals surface area contributed by atoms with Crippen LogP contribution in [0.4, 0.5) is 5.82 Å². The van der Waals surface area contributed by atoms with E-state index < -0.39 is 0 Å². The van der Waals surface area contributed by atoms with Crippen molar-refractivity contribution in [3.63, 3.8) is 0 Å². The van der Waals surface area contributed by atoms with Gasteiger partial charge in [-0.25, -0.2) is 0 Å². The first kappa shape index (κ1) is 12.4. The Morgan fingerprint density at radius 1 is 1.42 bits per heavy atom. The molecule has 0 aliphatic carbocycles. The lowest BCUT2D eigenvalue weighted by molar-refractivity contribution is 0.211. The molecule has 1 aromatic heterocycles. The molecule has 0 saturated carbocycles. The molecule has 1 aliphatic rings. The normalized spacial score (nSPS) is 19.3. The predicted octanol–water partition coefficient (Wildman–Crippen LogP) is 2.93. The van der Waals surface area contributed by atoms with Gasteiger partial charge in [0, 0.05) is 11.3 Å². The summed E-state index contributed by atoms with van der Waals surface area (Å²) in [5.74, 6) is 3.83. The summed E-state index contributed by atoms with van der Waals surface area (Å²) in [6, 6.07) is 8.04. The molecule has 0 bridgehead atoms. The number of nitrogens with one attached hydrogen (secondary N) is 1. The molecule has 19 heavy (non-hydrogen) atoms. The number of anilines is 1. The number of rotatable bonds is 3. The number of ether oxygens (including phenoxy) is 1. The second-order valence-electron chi connectivity index (χ2n) is 4.68. The smallest absolute Gasteiger partial charge is 0.126 e. The lowest BCUT2D eigenvalue weighted by Crippen LogP contribution is -2.23. The number of H-pyrrole nitrogens is 1. The summed E-state index contributed by atoms with van der Waals surface area (Å²) in [6.07, 6.45) is 4.45. The molecular formula is C14H17N3OS. The fraction of sp³-hybridized carbons (Fsp3) is 0.357. The van der Waals surface area contributed by atoms with E-state index in [4.69, 9.17) is 10.5 Å². The standard InChI is InChI=1S/C14H17N3OS/c15-14-13(8-16-17-14)10-3-1-4-11(7-10)18-12-5-2-6-19-9-12/h1,3-4,7-8,12H,2,5-6,9H2,(H3,15,16,17). The Labute approximate surface area is 116 Å². The maximum atomic E-state index is 6.04. The highest BCUT2D eigenvalue weighted by Gasteiger charge is 2.15. The molecule has 5 heteroatoms. The molecule has 0 spiro atoms. The van der Waals surface area contributed by atoms with Gasteiger partial charge in [-0.15, -0.1) is 0 Å². The lowest BCUT2D eigenvalue weighted by atomic mass is 10.1. The third-order valence-corrected chi connectivity index (χ3v) is 4.42. The zero-order valence-corrected chi connectivity index (χ0v) is 11.5. The predicted molar refractivity (Wildman–Crippen MR) is 79.4 cm³/mol. The Kier molecular flexibility index (Phi) is 3.64. The fourth-order valence-electron chi connectivity index (χ4n) is 2.26. The molecule has 1 aromatic carbocycles. The van der Waals surface area contributed by atoms with Crippen molar-refractivity contribution in [1.29, 1.82) is 0 Å². The topological polar surface area (TPSA) is 63.9 Å². The highest BCUT2D eigenvalue weighted by atomic mass is 32.2. The number of thioether (sulfide) groups is 1. The molecule has 0 radical (unpaired) electrons. The molecule has 100 valence electrons. The molecule has 1 aliphatic heterocycles. The van der Waals surface area contributed by atoms with Crippen molar-refractivity contribution in [3.05, 3.63) is 30.5 Å². The molecule has 1 fully saturated rings. The van der Waals surface area contributed by atoms with Crippen molar-refractivity contribution in [2.45, 2.75) is 18.9 Å². The Bertz CT molecular complexity index is 549. The Hall–Kier alpha value is -1.62. The fourth-order valence-corrected chi connectivity index (χ4v) is 3.29. The van der Waals surface area contributed by atoms with Gasteiger partial charge < -0.3 is 10.5 Å². The summed E-state index contributed by atoms with van der Waals surface area (Å²) in [7, 11) is 0. The lowest BCUT2D eigenvalue weighted by Gasteiger charge is -2.22. The maximum Gasteiger partial charge on any atom is 0.126 e. The molecule has 3 N–H and O–H groups in total. The zero-order valence-electron chi connectivity index (χ0n) is 10.6. The number of aromatic nitrogens is 2. The van der Waals surface area contributed by atoms with Crippen molar-refractivity contribution >= 4 is 17.6 Å². The third-order valence-electron chi connectivity index (χ3n) is 3.24. The first-order valence-corrected chi connectivity index (χ1v) is 7.62. The Morgan fingerprint density at radius 2 is 2.37 bits per heavy atom. The number of hydrogen-bond acceptors (Lipinski definition) is 4. The van der Waals surface area contributed by atoms with Gasteiger partial charge >= 0.3 is 0 Å². The van der Waals surface area contributed by atoms with Gasteiger partial charge in [0.25, 0.3) is 0 Å². The summed E-state index contributed by atoms with van der Waals surface area (Å²) >= 11 is 1.97. The van der Waals surface area contributed by atoms with Crippen LogP contribution in [-0.2, 0) is 0 Å². The third kappa shape index (κ3) is 2.87. The van der Waals surface area contributed by atoms with Crippen LogP contribution in [0.15, 0.2) is 30.5 Å². The largest absolute Gasteiger partial charge is 0.490 e. The zero-order chi connectivity index (χ0) is 13.1. The maximum absolute atomic E-state index is 6.04. The second-order valence-corrected chi connectivity index (χ2v) is 5.83. The SMILES string of the molecule is Nc1[nH]ncc1-c1cccc(OC2CCCSC2)c1. The van der Waals surface area contributed by atoms with Crippen LogP contribution in [0.5, 0.6) is 5.75 Å². The number of hydrogen-bond donors (Lipinski definition) is 2. The monoisotopic (exact) mass is 275 g/mol. The molecule has 2 heterocycles. The van der Waals surface area contributed by atoms with Gasteiger partial charge in [-0.1, -0.05) is 12.1 Å². The number of nitrogens with zero attached hydrogens (tertiary/aromatic N) is 1. The summed E-state index contributed by atoms with van der Waals surface area (Å²) in [6.45, 7) is 0. The van der Waals surface area contributed by atoms with Crippen LogP contribution in [0, 0.1) is 0 Å². The first-order valence-electron chi connectivity index (χ1n) is 6.46. The summed E-state index contributed by atoms with van der Waals surface area (Å²) in [5.41, 5.74) is 7.80. The van der Waals surface area contributed by atoms with Gasteiger partial charge in [-0.3, -0.25) is 5.10 Å². The van der Waals surface area contributed by atoms with Gasteiger partial charge in [0.2, 0.25) is 0 Å². The van der Waals surface area contributed by atoms with E-state index in [0.29, 0.717) is 11.9 Å². The van der Waals surface area contributed by atoms with Crippen LogP contribution in [0.3, 0.4) is 0 Å². The molecule has 2 aromatic rings. The Balaban J connectivity index is 1.78. The van der Waals surface area contributed by atoms with Crippen LogP contribution >= 0.6 is 11.8 Å². The number of aromatic amines is 1. The van der Waals surface area contributed by atoms with E-state index in [1.165, 1.54) is 12.2 Å². The summed E-state index contributed by atoms with van der Waals surface area (Å²) < 4.78 is 6.04. The average Bonchev–Trinajstić information content (AvgIpc) is 2.86. The molecule has 4 nitrogen and oxygen atoms in total. The van der Waals surface area contributed by atoms with Crippen LogP contribution in [0.25, 0.3) is 11.1 Å². The average molecular weight is 275 g/mol. The van der Waals surface area contributed by atoms with E-state index in [-0.39, 0.29) is 0 Å². The molecule has 1 saturated heterocycles. The number of nitrogen functional groups attached to an aromatic ring is 1. The van der Waals surface area contributed by atoms with Gasteiger partial charge in [-0.2, -0.15) is 16.9 Å². The van der Waals surface area contributed by atoms with Gasteiger partial charge in [-0.05, 0) is 36.3 Å². The van der Waals surface area contributed by atoms with Crippen LogP contribution < -0.4 is 10.5 Å². The van der Waals surface area contributed by atoms with Crippen molar-refractivity contribution in [1.82, 2.24) is 10.2 Å². The van der Waals surface area contributed by atoms with Crippen molar-refractivity contribution in [2.75, 3.05) is 17.2 Å². The number of benzene rings is 1. The van der Waals surface area contributed by atoms with Gasteiger partial charge in [0.1, 0.15) is 17.7 Å². The van der Waals surface area contributed by atoms with E-state index >= 15 is 0 Å². The highest BCUT2D eigenvalue weighted by Crippen LogP contribution is 2.29. The molecular weight excluding hydrogens is 258 g/mol. The van der Waals surface area contributed by atoms with Crippen molar-refractivity contribution in [2.24, 2.45) is 0 Å². The van der Waals surface area contributed by atoms with E-state index in [9.17, 15) is 0 Å². The quantitative estimate of drug-likeness (QED) is 0.904. The van der Waals surface area contributed by atoms with E-state index in [2.05, 4.69) is 10.2 Å². The van der Waals surface area contributed by atoms with E-state index in [0.717, 1.165) is 29.1 Å². The summed E-state index contributed by atoms with van der Waals surface area (Å²) in [4.78, 5) is 0. The minimum atomic E-state index is 0.329. The Morgan fingerprint density at radius 3 is 3.11 bits per heavy atom. The molecule has 1 unspecified atom stereocenters. The minimum absolute atomic E-state index is 0.329. The van der Waals surface area contributed by atoms with Gasteiger partial charge in [0.15, 0.2) is 0 Å². The van der Waals surface area contributed by atoms with E-state index in [1.807, 2.05) is 36.0 Å². The molecule has 3 rings (SSSR count). The van der Waals surface area contributed by atoms with Crippen molar-refractivity contribution in [3.8, 4) is 16.9 Å². The summed E-state index contributed by atoms with van der Waals surface area (Å²) in [5, 5.41) is 6.70.